The van der Waals surface area contributed by atoms with Crippen LogP contribution in [0.5, 0.6) is 0 Å². The molecule has 0 radical (unpaired) electrons. The molecule has 1 unspecified atom stereocenters. The quantitative estimate of drug-likeness (QED) is 0.106. The molecular formula is C34H27ClN4O3S2. The van der Waals surface area contributed by atoms with Crippen LogP contribution in [0, 0.1) is 0 Å². The number of halogens is 1. The molecule has 0 spiro atoms. The van der Waals surface area contributed by atoms with Gasteiger partial charge in [-0.15, -0.1) is 23.1 Å². The second-order valence-corrected chi connectivity index (χ2v) is 12.3. The lowest BCUT2D eigenvalue weighted by Crippen LogP contribution is -2.30. The van der Waals surface area contributed by atoms with Gasteiger partial charge in [0.05, 0.1) is 10.9 Å². The van der Waals surface area contributed by atoms with E-state index in [1.165, 1.54) is 23.1 Å². The molecule has 10 heteroatoms. The van der Waals surface area contributed by atoms with E-state index in [4.69, 9.17) is 11.6 Å². The Kier molecular flexibility index (Phi) is 10.2. The second-order valence-electron chi connectivity index (χ2n) is 9.56. The van der Waals surface area contributed by atoms with Crippen molar-refractivity contribution in [1.29, 1.82) is 0 Å². The number of amides is 3. The molecule has 0 aliphatic rings. The summed E-state index contributed by atoms with van der Waals surface area (Å²) in [5.74, 6) is -1.11. The van der Waals surface area contributed by atoms with E-state index in [1.807, 2.05) is 54.8 Å². The predicted octanol–water partition coefficient (Wildman–Crippen LogP) is 7.99. The van der Waals surface area contributed by atoms with Crippen molar-refractivity contribution in [3.63, 3.8) is 0 Å². The fraction of sp³-hybridized carbons (Fsp3) is 0.0588. The summed E-state index contributed by atoms with van der Waals surface area (Å²) < 4.78 is 0. The van der Waals surface area contributed by atoms with Gasteiger partial charge in [-0.05, 0) is 61.0 Å². The van der Waals surface area contributed by atoms with E-state index in [1.54, 1.807) is 72.8 Å². The van der Waals surface area contributed by atoms with Gasteiger partial charge in [0.15, 0.2) is 5.13 Å². The van der Waals surface area contributed by atoms with Crippen molar-refractivity contribution < 1.29 is 14.4 Å². The number of aromatic nitrogens is 1. The van der Waals surface area contributed by atoms with Crippen LogP contribution in [0.4, 0.5) is 10.8 Å². The molecule has 1 atom stereocenters. The van der Waals surface area contributed by atoms with E-state index < -0.39 is 17.1 Å². The number of carbonyl (C=O) groups excluding carboxylic acids is 3. The van der Waals surface area contributed by atoms with E-state index >= 15 is 0 Å². The predicted molar refractivity (Wildman–Crippen MR) is 180 cm³/mol. The Morgan fingerprint density at radius 3 is 2.30 bits per heavy atom. The average Bonchev–Trinajstić information content (AvgIpc) is 3.51. The average molecular weight is 639 g/mol. The number of carbonyl (C=O) groups is 3. The standard InChI is InChI=1S/C34H27ClN4O3S2/c1-22(31(40)39-34-38-30(21-43-34)24-9-4-2-5-10-24)44-28-14-8-13-27(20-28)36-33(42)29(19-23-15-17-26(35)18-16-23)37-32(41)25-11-6-3-7-12-25/h2-22H,1H3,(H,36,42)(H,37,41)(H,38,39,40)/b29-19-. The highest BCUT2D eigenvalue weighted by molar-refractivity contribution is 8.00. The molecule has 5 rings (SSSR count). The molecule has 44 heavy (non-hydrogen) atoms. The summed E-state index contributed by atoms with van der Waals surface area (Å²) in [4.78, 5) is 44.6. The topological polar surface area (TPSA) is 100 Å². The van der Waals surface area contributed by atoms with Crippen LogP contribution in [0.2, 0.25) is 5.02 Å². The minimum atomic E-state index is -0.504. The highest BCUT2D eigenvalue weighted by atomic mass is 35.5. The van der Waals surface area contributed by atoms with Gasteiger partial charge in [-0.1, -0.05) is 78.3 Å². The highest BCUT2D eigenvalue weighted by Gasteiger charge is 2.18. The summed E-state index contributed by atoms with van der Waals surface area (Å²) in [6.07, 6.45) is 1.58. The van der Waals surface area contributed by atoms with Crippen LogP contribution in [-0.4, -0.2) is 28.0 Å². The van der Waals surface area contributed by atoms with Crippen LogP contribution in [0.1, 0.15) is 22.8 Å². The maximum atomic E-state index is 13.4. The number of nitrogens with one attached hydrogen (secondary N) is 3. The minimum Gasteiger partial charge on any atom is -0.321 e. The molecular weight excluding hydrogens is 612 g/mol. The van der Waals surface area contributed by atoms with Gasteiger partial charge in [0.1, 0.15) is 5.70 Å². The van der Waals surface area contributed by atoms with Crippen molar-refractivity contribution in [3.05, 3.63) is 136 Å². The number of hydrogen-bond acceptors (Lipinski definition) is 6. The highest BCUT2D eigenvalue weighted by Crippen LogP contribution is 2.29. The summed E-state index contributed by atoms with van der Waals surface area (Å²) in [7, 11) is 0. The van der Waals surface area contributed by atoms with Crippen molar-refractivity contribution in [2.75, 3.05) is 10.6 Å². The van der Waals surface area contributed by atoms with Gasteiger partial charge in [-0.25, -0.2) is 4.98 Å². The van der Waals surface area contributed by atoms with Gasteiger partial charge in [-0.2, -0.15) is 0 Å². The SMILES string of the molecule is CC(Sc1cccc(NC(=O)/C(=C/c2ccc(Cl)cc2)NC(=O)c2ccccc2)c1)C(=O)Nc1nc(-c2ccccc2)cs1. The lowest BCUT2D eigenvalue weighted by molar-refractivity contribution is -0.115. The maximum Gasteiger partial charge on any atom is 0.272 e. The molecule has 7 nitrogen and oxygen atoms in total. The number of rotatable bonds is 10. The van der Waals surface area contributed by atoms with Crippen molar-refractivity contribution >= 4 is 69.3 Å². The third kappa shape index (κ3) is 8.44. The van der Waals surface area contributed by atoms with Gasteiger partial charge in [-0.3, -0.25) is 14.4 Å². The zero-order valence-corrected chi connectivity index (χ0v) is 25.9. The molecule has 3 amide bonds. The molecule has 0 aliphatic heterocycles. The Hall–Kier alpha value is -4.70. The Bertz CT molecular complexity index is 1790. The molecule has 1 aromatic heterocycles. The molecule has 0 saturated carbocycles. The maximum absolute atomic E-state index is 13.4. The lowest BCUT2D eigenvalue weighted by Gasteiger charge is -2.13. The normalized spacial score (nSPS) is 11.8. The van der Waals surface area contributed by atoms with E-state index in [0.717, 1.165) is 16.2 Å². The zero-order valence-electron chi connectivity index (χ0n) is 23.5. The molecule has 220 valence electrons. The molecule has 0 fully saturated rings. The largest absolute Gasteiger partial charge is 0.321 e. The van der Waals surface area contributed by atoms with E-state index in [9.17, 15) is 14.4 Å². The fourth-order valence-electron chi connectivity index (χ4n) is 4.05. The molecule has 0 saturated heterocycles. The first kappa shape index (κ1) is 30.7. The number of thioether (sulfide) groups is 1. The Balaban J connectivity index is 1.25. The summed E-state index contributed by atoms with van der Waals surface area (Å²) in [6, 6.07) is 32.5. The van der Waals surface area contributed by atoms with Gasteiger partial charge >= 0.3 is 0 Å². The van der Waals surface area contributed by atoms with Gasteiger partial charge in [0, 0.05) is 32.1 Å². The van der Waals surface area contributed by atoms with Gasteiger partial charge < -0.3 is 16.0 Å². The van der Waals surface area contributed by atoms with Crippen molar-refractivity contribution in [1.82, 2.24) is 10.3 Å². The number of benzene rings is 4. The molecule has 0 bridgehead atoms. The first-order chi connectivity index (χ1) is 21.3. The molecule has 5 aromatic rings. The minimum absolute atomic E-state index is 0.0605. The van der Waals surface area contributed by atoms with E-state index in [2.05, 4.69) is 20.9 Å². The molecule has 1 heterocycles. The van der Waals surface area contributed by atoms with Crippen LogP contribution in [0.25, 0.3) is 17.3 Å². The van der Waals surface area contributed by atoms with Crippen LogP contribution in [-0.2, 0) is 9.59 Å². The zero-order chi connectivity index (χ0) is 30.9. The first-order valence-corrected chi connectivity index (χ1v) is 15.7. The Morgan fingerprint density at radius 1 is 0.864 bits per heavy atom. The third-order valence-corrected chi connectivity index (χ3v) is 8.39. The third-order valence-electron chi connectivity index (χ3n) is 6.29. The smallest absolute Gasteiger partial charge is 0.272 e. The van der Waals surface area contributed by atoms with Crippen LogP contribution < -0.4 is 16.0 Å². The van der Waals surface area contributed by atoms with Crippen LogP contribution in [0.3, 0.4) is 0 Å². The second kappa shape index (κ2) is 14.7. The van der Waals surface area contributed by atoms with Gasteiger partial charge in [0.2, 0.25) is 5.91 Å². The monoisotopic (exact) mass is 638 g/mol. The van der Waals surface area contributed by atoms with E-state index in [-0.39, 0.29) is 11.6 Å². The Labute approximate surface area is 268 Å². The first-order valence-electron chi connectivity index (χ1n) is 13.6. The number of anilines is 2. The number of nitrogens with zero attached hydrogens (tertiary/aromatic N) is 1. The van der Waals surface area contributed by atoms with Crippen LogP contribution in [0.15, 0.2) is 125 Å². The van der Waals surface area contributed by atoms with Crippen LogP contribution >= 0.6 is 34.7 Å². The van der Waals surface area contributed by atoms with Gasteiger partial charge in [0.25, 0.3) is 11.8 Å². The molecule has 4 aromatic carbocycles. The summed E-state index contributed by atoms with van der Waals surface area (Å²) in [5.41, 5.74) is 3.46. The fourth-order valence-corrected chi connectivity index (χ4v) is 5.83. The Morgan fingerprint density at radius 2 is 1.57 bits per heavy atom. The van der Waals surface area contributed by atoms with Crippen molar-refractivity contribution in [3.8, 4) is 11.3 Å². The van der Waals surface area contributed by atoms with E-state index in [0.29, 0.717) is 27.0 Å². The van der Waals surface area contributed by atoms with Crippen molar-refractivity contribution in [2.24, 2.45) is 0 Å². The summed E-state index contributed by atoms with van der Waals surface area (Å²) in [5, 5.41) is 11.0. The molecule has 3 N–H and O–H groups in total. The summed E-state index contributed by atoms with van der Waals surface area (Å²) >= 11 is 8.74. The lowest BCUT2D eigenvalue weighted by atomic mass is 10.1. The van der Waals surface area contributed by atoms with Crippen molar-refractivity contribution in [2.45, 2.75) is 17.1 Å². The number of hydrogen-bond donors (Lipinski definition) is 3. The number of thiazole rings is 1. The summed E-state index contributed by atoms with van der Waals surface area (Å²) in [6.45, 7) is 1.81. The molecule has 0 aliphatic carbocycles.